The maximum Gasteiger partial charge on any atom is 0.472 e. The van der Waals surface area contributed by atoms with Gasteiger partial charge >= 0.3 is 13.8 Å². The second-order valence-electron chi connectivity index (χ2n) is 13.6. The second kappa shape index (κ2) is 32.0. The van der Waals surface area contributed by atoms with E-state index in [0.717, 1.165) is 57.8 Å². The van der Waals surface area contributed by atoms with Gasteiger partial charge in [-0.2, -0.15) is 0 Å². The van der Waals surface area contributed by atoms with Gasteiger partial charge in [0.2, 0.25) is 0 Å². The molecular weight excluding hydrogens is 613 g/mol. The molecule has 0 saturated carbocycles. The molecule has 1 N–H and O–H groups in total. The lowest BCUT2D eigenvalue weighted by atomic mass is 10.1. The fourth-order valence-electron chi connectivity index (χ4n) is 4.80. The van der Waals surface area contributed by atoms with Crippen LogP contribution in [0.3, 0.4) is 0 Å². The first-order valence-electron chi connectivity index (χ1n) is 18.7. The SMILES string of the molecule is CC/C=C\C/C=C\C/C=C\CCCCCC(=O)OC(COCCCCCCCCCCCCCC)COP(=O)(O)OCC[N+](C)(C)C. The molecule has 0 aromatic rings. The Hall–Kier alpha value is -1.28. The van der Waals surface area contributed by atoms with Gasteiger partial charge in [0, 0.05) is 13.0 Å². The molecule has 0 rings (SSSR count). The number of quaternary nitrogens is 1. The molecule has 47 heavy (non-hydrogen) atoms. The van der Waals surface area contributed by atoms with Crippen molar-refractivity contribution in [2.75, 3.05) is 54.1 Å². The number of rotatable bonds is 34. The van der Waals surface area contributed by atoms with Crippen LogP contribution in [0, 0.1) is 0 Å². The number of carbonyl (C=O) groups excluding carboxylic acids is 1. The molecular formula is C38H73NO7P+. The number of phosphoric ester groups is 1. The summed E-state index contributed by atoms with van der Waals surface area (Å²) in [4.78, 5) is 22.7. The standard InChI is InChI=1S/C38H72NO7P/c1-6-8-10-12-14-16-18-20-21-23-25-27-29-31-38(40)46-37(36-45-47(41,42)44-34-32-39(3,4)5)35-43-33-30-28-26-24-22-19-17-15-13-11-9-7-2/h8,10,14,16,20-21,37H,6-7,9,11-13,15,17-19,22-36H2,1-5H3/p+1/b10-8-,16-14-,21-20-. The number of carbonyl (C=O) groups is 1. The van der Waals surface area contributed by atoms with Crippen LogP contribution < -0.4 is 0 Å². The molecule has 0 saturated heterocycles. The second-order valence-corrected chi connectivity index (χ2v) is 15.0. The summed E-state index contributed by atoms with van der Waals surface area (Å²) in [7, 11) is 1.64. The van der Waals surface area contributed by atoms with Gasteiger partial charge in [0.25, 0.3) is 0 Å². The van der Waals surface area contributed by atoms with Gasteiger partial charge in [0.1, 0.15) is 19.3 Å². The molecule has 0 spiro atoms. The van der Waals surface area contributed by atoms with Crippen molar-refractivity contribution >= 4 is 13.8 Å². The quantitative estimate of drug-likeness (QED) is 0.0237. The van der Waals surface area contributed by atoms with Crippen LogP contribution in [0.2, 0.25) is 0 Å². The third kappa shape index (κ3) is 35.8. The van der Waals surface area contributed by atoms with Crippen molar-refractivity contribution in [2.45, 2.75) is 148 Å². The average Bonchev–Trinajstić information content (AvgIpc) is 3.01. The van der Waals surface area contributed by atoms with Crippen molar-refractivity contribution in [1.82, 2.24) is 0 Å². The zero-order chi connectivity index (χ0) is 34.9. The van der Waals surface area contributed by atoms with Gasteiger partial charge in [-0.15, -0.1) is 0 Å². The van der Waals surface area contributed by atoms with Crippen molar-refractivity contribution in [3.05, 3.63) is 36.5 Å². The molecule has 9 heteroatoms. The Kier molecular flexibility index (Phi) is 31.1. The third-order valence-electron chi connectivity index (χ3n) is 7.72. The summed E-state index contributed by atoms with van der Waals surface area (Å²) in [5, 5.41) is 0. The Bertz CT molecular complexity index is 853. The minimum atomic E-state index is -4.27. The first kappa shape index (κ1) is 45.7. The van der Waals surface area contributed by atoms with Gasteiger partial charge < -0.3 is 18.9 Å². The van der Waals surface area contributed by atoms with Crippen LogP contribution in [-0.4, -0.2) is 75.6 Å². The number of hydrogen-bond donors (Lipinski definition) is 1. The van der Waals surface area contributed by atoms with Crippen molar-refractivity contribution < 1.29 is 37.3 Å². The molecule has 0 aliphatic rings. The summed E-state index contributed by atoms with van der Waals surface area (Å²) in [6.07, 6.45) is 34.6. The molecule has 0 aliphatic carbocycles. The Morgan fingerprint density at radius 3 is 1.83 bits per heavy atom. The van der Waals surface area contributed by atoms with Crippen LogP contribution >= 0.6 is 7.82 Å². The van der Waals surface area contributed by atoms with E-state index in [1.165, 1.54) is 64.2 Å². The fourth-order valence-corrected chi connectivity index (χ4v) is 5.54. The van der Waals surface area contributed by atoms with Gasteiger partial charge in [0.05, 0.1) is 34.4 Å². The fraction of sp³-hybridized carbons (Fsp3) is 0.816. The number of esters is 1. The van der Waals surface area contributed by atoms with Crippen LogP contribution in [-0.2, 0) is 27.9 Å². The van der Waals surface area contributed by atoms with E-state index in [1.807, 2.05) is 21.1 Å². The molecule has 2 unspecified atom stereocenters. The molecule has 0 bridgehead atoms. The summed E-state index contributed by atoms with van der Waals surface area (Å²) in [6, 6.07) is 0. The Morgan fingerprint density at radius 2 is 1.23 bits per heavy atom. The van der Waals surface area contributed by atoms with E-state index in [-0.39, 0.29) is 25.8 Å². The van der Waals surface area contributed by atoms with Crippen LogP contribution in [0.1, 0.15) is 142 Å². The zero-order valence-electron chi connectivity index (χ0n) is 31.0. The Morgan fingerprint density at radius 1 is 0.681 bits per heavy atom. The molecule has 2 atom stereocenters. The van der Waals surface area contributed by atoms with Gasteiger partial charge in [-0.1, -0.05) is 127 Å². The molecule has 276 valence electrons. The first-order chi connectivity index (χ1) is 22.6. The highest BCUT2D eigenvalue weighted by atomic mass is 31.2. The van der Waals surface area contributed by atoms with Crippen LogP contribution in [0.4, 0.5) is 0 Å². The van der Waals surface area contributed by atoms with E-state index >= 15 is 0 Å². The molecule has 0 radical (unpaired) electrons. The monoisotopic (exact) mass is 687 g/mol. The van der Waals surface area contributed by atoms with E-state index in [2.05, 4.69) is 50.3 Å². The zero-order valence-corrected chi connectivity index (χ0v) is 31.9. The highest BCUT2D eigenvalue weighted by molar-refractivity contribution is 7.47. The number of nitrogens with zero attached hydrogens (tertiary/aromatic N) is 1. The van der Waals surface area contributed by atoms with E-state index < -0.39 is 13.9 Å². The molecule has 0 aromatic carbocycles. The van der Waals surface area contributed by atoms with Crippen LogP contribution in [0.5, 0.6) is 0 Å². The first-order valence-corrected chi connectivity index (χ1v) is 20.2. The van der Waals surface area contributed by atoms with Gasteiger partial charge in [-0.25, -0.2) is 4.57 Å². The lowest BCUT2D eigenvalue weighted by Gasteiger charge is -2.24. The lowest BCUT2D eigenvalue weighted by Crippen LogP contribution is -2.37. The molecule has 0 amide bonds. The van der Waals surface area contributed by atoms with Crippen molar-refractivity contribution in [1.29, 1.82) is 0 Å². The highest BCUT2D eigenvalue weighted by Gasteiger charge is 2.26. The number of likely N-dealkylation sites (N-methyl/N-ethyl adjacent to an activating group) is 1. The third-order valence-corrected chi connectivity index (χ3v) is 8.70. The maximum atomic E-state index is 12.6. The smallest absolute Gasteiger partial charge is 0.457 e. The van der Waals surface area contributed by atoms with E-state index in [4.69, 9.17) is 18.5 Å². The van der Waals surface area contributed by atoms with Gasteiger partial charge in [-0.05, 0) is 44.9 Å². The average molecular weight is 687 g/mol. The molecule has 0 aliphatic heterocycles. The summed E-state index contributed by atoms with van der Waals surface area (Å²) >= 11 is 0. The van der Waals surface area contributed by atoms with Crippen molar-refractivity contribution in [2.24, 2.45) is 0 Å². The largest absolute Gasteiger partial charge is 0.472 e. The number of unbranched alkanes of at least 4 members (excludes halogenated alkanes) is 14. The van der Waals surface area contributed by atoms with Gasteiger partial charge in [0.15, 0.2) is 0 Å². The topological polar surface area (TPSA) is 91.3 Å². The highest BCUT2D eigenvalue weighted by Crippen LogP contribution is 2.43. The van der Waals surface area contributed by atoms with Crippen LogP contribution in [0.25, 0.3) is 0 Å². The lowest BCUT2D eigenvalue weighted by molar-refractivity contribution is -0.870. The number of phosphoric acid groups is 1. The normalized spacial score (nSPS) is 14.4. The predicted molar refractivity (Wildman–Crippen MR) is 196 cm³/mol. The van der Waals surface area contributed by atoms with E-state index in [0.29, 0.717) is 24.1 Å². The maximum absolute atomic E-state index is 12.6. The molecule has 0 fully saturated rings. The number of ether oxygens (including phenoxy) is 2. The minimum Gasteiger partial charge on any atom is -0.457 e. The summed E-state index contributed by atoms with van der Waals surface area (Å²) in [5.74, 6) is -0.343. The Labute approximate surface area is 289 Å². The summed E-state index contributed by atoms with van der Waals surface area (Å²) in [5.41, 5.74) is 0. The minimum absolute atomic E-state index is 0.0831. The predicted octanol–water partition coefficient (Wildman–Crippen LogP) is 10.3. The van der Waals surface area contributed by atoms with E-state index in [1.54, 1.807) is 0 Å². The molecule has 0 aromatic heterocycles. The van der Waals surface area contributed by atoms with Crippen molar-refractivity contribution in [3.63, 3.8) is 0 Å². The summed E-state index contributed by atoms with van der Waals surface area (Å²) in [6.45, 7) is 5.46. The number of hydrogen-bond acceptors (Lipinski definition) is 6. The molecule has 0 heterocycles. The van der Waals surface area contributed by atoms with E-state index in [9.17, 15) is 14.3 Å². The number of allylic oxidation sites excluding steroid dienone is 6. The summed E-state index contributed by atoms with van der Waals surface area (Å²) < 4.78 is 34.8. The van der Waals surface area contributed by atoms with Gasteiger partial charge in [-0.3, -0.25) is 13.8 Å². The Balaban J connectivity index is 4.37. The van der Waals surface area contributed by atoms with Crippen LogP contribution in [0.15, 0.2) is 36.5 Å². The molecule has 8 nitrogen and oxygen atoms in total. The van der Waals surface area contributed by atoms with Crippen molar-refractivity contribution in [3.8, 4) is 0 Å².